The number of hydrogen-bond acceptors (Lipinski definition) is 5. The topological polar surface area (TPSA) is 59.8 Å². The third-order valence-corrected chi connectivity index (χ3v) is 7.06. The van der Waals surface area contributed by atoms with Crippen LogP contribution in [-0.4, -0.2) is 32.0 Å². The van der Waals surface area contributed by atoms with Gasteiger partial charge in [-0.1, -0.05) is 31.2 Å². The predicted molar refractivity (Wildman–Crippen MR) is 118 cm³/mol. The van der Waals surface area contributed by atoms with Gasteiger partial charge < -0.3 is 5.32 Å². The number of nitrogens with one attached hydrogen (secondary N) is 1. The standard InChI is InChI=1S/C21H30N4OS2/c1-6-10-25-19(17-12-15-11-14(7-2)8-9-16(15)28-17)23-24-20(25)27-13-18(26)22-21(3,4)5/h6,12,14H,1,7-11,13H2,2-5H3,(H,22,26)/t14-/m0/s1. The summed E-state index contributed by atoms with van der Waals surface area (Å²) in [4.78, 5) is 14.8. The number of aromatic nitrogens is 3. The van der Waals surface area contributed by atoms with Gasteiger partial charge in [0.05, 0.1) is 10.6 Å². The summed E-state index contributed by atoms with van der Waals surface area (Å²) in [6, 6.07) is 2.30. The summed E-state index contributed by atoms with van der Waals surface area (Å²) >= 11 is 3.26. The zero-order chi connectivity index (χ0) is 20.3. The highest BCUT2D eigenvalue weighted by molar-refractivity contribution is 7.99. The van der Waals surface area contributed by atoms with Gasteiger partial charge in [-0.3, -0.25) is 9.36 Å². The highest BCUT2D eigenvalue weighted by Crippen LogP contribution is 2.38. The Bertz CT molecular complexity index is 847. The van der Waals surface area contributed by atoms with Crippen LogP contribution in [0.2, 0.25) is 0 Å². The number of rotatable bonds is 7. The van der Waals surface area contributed by atoms with Crippen LogP contribution in [-0.2, 0) is 24.2 Å². The molecule has 0 radical (unpaired) electrons. The maximum Gasteiger partial charge on any atom is 0.230 e. The second-order valence-electron chi connectivity index (χ2n) is 8.37. The third-order valence-electron chi connectivity index (χ3n) is 4.86. The number of carbonyl (C=O) groups excluding carboxylic acids is 1. The van der Waals surface area contributed by atoms with Crippen molar-refractivity contribution in [3.63, 3.8) is 0 Å². The third kappa shape index (κ3) is 5.06. The van der Waals surface area contributed by atoms with Crippen LogP contribution in [0.15, 0.2) is 23.9 Å². The van der Waals surface area contributed by atoms with Gasteiger partial charge in [0.1, 0.15) is 0 Å². The van der Waals surface area contributed by atoms with Gasteiger partial charge in [0.2, 0.25) is 5.91 Å². The van der Waals surface area contributed by atoms with E-state index in [-0.39, 0.29) is 11.4 Å². The normalized spacial score (nSPS) is 16.6. The number of fused-ring (bicyclic) bond motifs is 1. The lowest BCUT2D eigenvalue weighted by atomic mass is 9.87. The minimum Gasteiger partial charge on any atom is -0.351 e. The Hall–Kier alpha value is -1.60. The van der Waals surface area contributed by atoms with E-state index in [2.05, 4.69) is 39.7 Å². The summed E-state index contributed by atoms with van der Waals surface area (Å²) in [6.07, 6.45) is 6.73. The molecule has 1 aliphatic carbocycles. The molecule has 1 aliphatic rings. The monoisotopic (exact) mass is 418 g/mol. The maximum absolute atomic E-state index is 12.2. The quantitative estimate of drug-likeness (QED) is 0.522. The van der Waals surface area contributed by atoms with Crippen LogP contribution in [0, 0.1) is 5.92 Å². The Morgan fingerprint density at radius 1 is 1.46 bits per heavy atom. The molecule has 0 saturated heterocycles. The zero-order valence-corrected chi connectivity index (χ0v) is 18.9. The lowest BCUT2D eigenvalue weighted by Gasteiger charge is -2.20. The molecule has 2 heterocycles. The summed E-state index contributed by atoms with van der Waals surface area (Å²) < 4.78 is 2.07. The van der Waals surface area contributed by atoms with Gasteiger partial charge in [-0.2, -0.15) is 0 Å². The molecular weight excluding hydrogens is 388 g/mol. The largest absolute Gasteiger partial charge is 0.351 e. The Labute approximate surface area is 176 Å². The molecular formula is C21H30N4OS2. The summed E-state index contributed by atoms with van der Waals surface area (Å²) in [7, 11) is 0. The fraction of sp³-hybridized carbons (Fsp3) is 0.571. The van der Waals surface area contributed by atoms with Crippen molar-refractivity contribution in [3.8, 4) is 10.7 Å². The molecule has 0 spiro atoms. The van der Waals surface area contributed by atoms with Gasteiger partial charge in [0, 0.05) is 17.0 Å². The Balaban J connectivity index is 1.79. The molecule has 0 bridgehead atoms. The SMILES string of the molecule is C=CCn1c(SCC(=O)NC(C)(C)C)nnc1-c1cc2c(s1)CC[C@H](CC)C2. The average molecular weight is 419 g/mol. The number of aryl methyl sites for hydroxylation is 1. The van der Waals surface area contributed by atoms with E-state index in [1.165, 1.54) is 52.8 Å². The van der Waals surface area contributed by atoms with Crippen molar-refractivity contribution < 1.29 is 4.79 Å². The smallest absolute Gasteiger partial charge is 0.230 e. The van der Waals surface area contributed by atoms with Crippen molar-refractivity contribution >= 4 is 29.0 Å². The molecule has 1 atom stereocenters. The van der Waals surface area contributed by atoms with E-state index in [1.807, 2.05) is 38.2 Å². The van der Waals surface area contributed by atoms with Crippen LogP contribution >= 0.6 is 23.1 Å². The Morgan fingerprint density at radius 2 is 2.25 bits per heavy atom. The van der Waals surface area contributed by atoms with E-state index in [9.17, 15) is 4.79 Å². The fourth-order valence-corrected chi connectivity index (χ4v) is 5.46. The van der Waals surface area contributed by atoms with Gasteiger partial charge in [-0.25, -0.2) is 0 Å². The molecule has 0 unspecified atom stereocenters. The highest BCUT2D eigenvalue weighted by atomic mass is 32.2. The maximum atomic E-state index is 12.2. The molecule has 0 aromatic carbocycles. The number of thioether (sulfide) groups is 1. The number of nitrogens with zero attached hydrogens (tertiary/aromatic N) is 3. The molecule has 2 aromatic rings. The predicted octanol–water partition coefficient (Wildman–Crippen LogP) is 4.71. The molecule has 1 N–H and O–H groups in total. The second kappa shape index (κ2) is 8.82. The van der Waals surface area contributed by atoms with Gasteiger partial charge in [0.15, 0.2) is 11.0 Å². The van der Waals surface area contributed by atoms with Gasteiger partial charge >= 0.3 is 0 Å². The van der Waals surface area contributed by atoms with Crippen molar-refractivity contribution in [3.05, 3.63) is 29.2 Å². The molecule has 7 heteroatoms. The van der Waals surface area contributed by atoms with Crippen LogP contribution in [0.25, 0.3) is 10.7 Å². The first-order chi connectivity index (χ1) is 13.3. The zero-order valence-electron chi connectivity index (χ0n) is 17.2. The van der Waals surface area contributed by atoms with Gasteiger partial charge in [0.25, 0.3) is 0 Å². The van der Waals surface area contributed by atoms with Crippen molar-refractivity contribution in [2.75, 3.05) is 5.75 Å². The summed E-state index contributed by atoms with van der Waals surface area (Å²) in [5, 5.41) is 12.6. The number of amides is 1. The molecule has 0 fully saturated rings. The van der Waals surface area contributed by atoms with Crippen molar-refractivity contribution in [1.29, 1.82) is 0 Å². The lowest BCUT2D eigenvalue weighted by molar-refractivity contribution is -0.119. The minimum absolute atomic E-state index is 0.00407. The van der Waals surface area contributed by atoms with E-state index in [0.717, 1.165) is 16.9 Å². The summed E-state index contributed by atoms with van der Waals surface area (Å²) in [6.45, 7) is 12.7. The summed E-state index contributed by atoms with van der Waals surface area (Å²) in [5.74, 6) is 2.01. The molecule has 0 saturated carbocycles. The highest BCUT2D eigenvalue weighted by Gasteiger charge is 2.23. The van der Waals surface area contributed by atoms with Gasteiger partial charge in [-0.15, -0.1) is 28.1 Å². The van der Waals surface area contributed by atoms with Gasteiger partial charge in [-0.05, 0) is 57.6 Å². The van der Waals surface area contributed by atoms with E-state index < -0.39 is 0 Å². The number of thiophene rings is 1. The Morgan fingerprint density at radius 3 is 2.93 bits per heavy atom. The molecule has 1 amide bonds. The van der Waals surface area contributed by atoms with E-state index in [0.29, 0.717) is 12.3 Å². The molecule has 2 aromatic heterocycles. The van der Waals surface area contributed by atoms with Crippen LogP contribution in [0.4, 0.5) is 0 Å². The first-order valence-electron chi connectivity index (χ1n) is 9.90. The molecule has 3 rings (SSSR count). The van der Waals surface area contributed by atoms with Crippen molar-refractivity contribution in [2.45, 2.75) is 70.6 Å². The first-order valence-corrected chi connectivity index (χ1v) is 11.7. The Kier molecular flexibility index (Phi) is 6.65. The molecule has 0 aliphatic heterocycles. The van der Waals surface area contributed by atoms with Crippen LogP contribution in [0.5, 0.6) is 0 Å². The second-order valence-corrected chi connectivity index (χ2v) is 10.4. The lowest BCUT2D eigenvalue weighted by Crippen LogP contribution is -2.41. The van der Waals surface area contributed by atoms with E-state index >= 15 is 0 Å². The number of hydrogen-bond donors (Lipinski definition) is 1. The summed E-state index contributed by atoms with van der Waals surface area (Å²) in [5.41, 5.74) is 1.24. The van der Waals surface area contributed by atoms with E-state index in [4.69, 9.17) is 0 Å². The molecule has 152 valence electrons. The van der Waals surface area contributed by atoms with Crippen molar-refractivity contribution in [1.82, 2.24) is 20.1 Å². The van der Waals surface area contributed by atoms with Crippen LogP contribution < -0.4 is 5.32 Å². The molecule has 28 heavy (non-hydrogen) atoms. The van der Waals surface area contributed by atoms with Crippen LogP contribution in [0.1, 0.15) is 51.0 Å². The fourth-order valence-electron chi connectivity index (χ4n) is 3.51. The van der Waals surface area contributed by atoms with Crippen LogP contribution in [0.3, 0.4) is 0 Å². The van der Waals surface area contributed by atoms with Crippen molar-refractivity contribution in [2.24, 2.45) is 5.92 Å². The van der Waals surface area contributed by atoms with E-state index in [1.54, 1.807) is 0 Å². The number of carbonyl (C=O) groups is 1. The average Bonchev–Trinajstić information content (AvgIpc) is 3.21. The molecule has 5 nitrogen and oxygen atoms in total. The number of allylic oxidation sites excluding steroid dienone is 1. The first kappa shape index (κ1) is 21.1. The minimum atomic E-state index is -0.232.